The summed E-state index contributed by atoms with van der Waals surface area (Å²) in [7, 11) is 0. The largest absolute Gasteiger partial charge is 0.412 e. The van der Waals surface area contributed by atoms with E-state index in [9.17, 15) is 13.6 Å². The summed E-state index contributed by atoms with van der Waals surface area (Å²) in [5.41, 5.74) is 0.471. The van der Waals surface area contributed by atoms with Gasteiger partial charge in [-0.1, -0.05) is 0 Å². The van der Waals surface area contributed by atoms with Gasteiger partial charge in [-0.15, -0.1) is 0 Å². The minimum absolute atomic E-state index is 0.202. The van der Waals surface area contributed by atoms with E-state index in [1.807, 2.05) is 0 Å². The molecule has 1 aromatic carbocycles. The zero-order valence-corrected chi connectivity index (χ0v) is 10.4. The van der Waals surface area contributed by atoms with Gasteiger partial charge < -0.3 is 14.7 Å². The fourth-order valence-corrected chi connectivity index (χ4v) is 2.21. The molecule has 0 radical (unpaired) electrons. The first-order chi connectivity index (χ1) is 9.49. The lowest BCUT2D eigenvalue weighted by Gasteiger charge is -2.16. The predicted octanol–water partition coefficient (Wildman–Crippen LogP) is 1.73. The number of rotatable bonds is 2. The van der Waals surface area contributed by atoms with E-state index in [1.165, 1.54) is 23.1 Å². The molecular formula is C13H12F2N2O3. The van der Waals surface area contributed by atoms with E-state index in [0.29, 0.717) is 18.5 Å². The molecule has 1 aromatic rings. The standard InChI is InChI=1S/C13H12F2N2O3/c14-10-3-9(4-11(15)5-10)8-1-2-17(7-8)13(19)20-12(18)6-16/h3-5,8,12,18H,1-2,7H2. The molecule has 20 heavy (non-hydrogen) atoms. The van der Waals surface area contributed by atoms with Crippen molar-refractivity contribution in [1.29, 1.82) is 5.26 Å². The molecule has 1 N–H and O–H groups in total. The fourth-order valence-electron chi connectivity index (χ4n) is 2.21. The van der Waals surface area contributed by atoms with E-state index >= 15 is 0 Å². The first-order valence-corrected chi connectivity index (χ1v) is 5.99. The van der Waals surface area contributed by atoms with Gasteiger partial charge in [-0.2, -0.15) is 5.26 Å². The molecule has 2 unspecified atom stereocenters. The minimum atomic E-state index is -1.81. The van der Waals surface area contributed by atoms with Crippen molar-refractivity contribution in [2.24, 2.45) is 0 Å². The van der Waals surface area contributed by atoms with Crippen LogP contribution in [-0.4, -0.2) is 35.5 Å². The van der Waals surface area contributed by atoms with Crippen LogP contribution in [0, 0.1) is 23.0 Å². The van der Waals surface area contributed by atoms with E-state index in [4.69, 9.17) is 10.4 Å². The second-order valence-corrected chi connectivity index (χ2v) is 4.50. The molecule has 1 aliphatic heterocycles. The molecule has 1 fully saturated rings. The maximum Gasteiger partial charge on any atom is 0.412 e. The van der Waals surface area contributed by atoms with E-state index in [1.54, 1.807) is 0 Å². The number of aliphatic hydroxyl groups is 1. The molecule has 106 valence electrons. The van der Waals surface area contributed by atoms with Gasteiger partial charge in [0.25, 0.3) is 6.29 Å². The molecule has 2 rings (SSSR count). The van der Waals surface area contributed by atoms with Crippen molar-refractivity contribution in [3.8, 4) is 6.07 Å². The Morgan fingerprint density at radius 1 is 1.45 bits per heavy atom. The molecule has 1 aliphatic rings. The highest BCUT2D eigenvalue weighted by atomic mass is 19.1. The van der Waals surface area contributed by atoms with Crippen LogP contribution in [0.4, 0.5) is 13.6 Å². The van der Waals surface area contributed by atoms with E-state index in [-0.39, 0.29) is 12.5 Å². The van der Waals surface area contributed by atoms with E-state index in [0.717, 1.165) is 6.07 Å². The van der Waals surface area contributed by atoms with E-state index < -0.39 is 24.0 Å². The number of benzene rings is 1. The lowest BCUT2D eigenvalue weighted by Crippen LogP contribution is -2.32. The van der Waals surface area contributed by atoms with Gasteiger partial charge in [0.15, 0.2) is 0 Å². The van der Waals surface area contributed by atoms with Crippen LogP contribution in [0.15, 0.2) is 18.2 Å². The lowest BCUT2D eigenvalue weighted by molar-refractivity contribution is -0.0239. The summed E-state index contributed by atoms with van der Waals surface area (Å²) >= 11 is 0. The van der Waals surface area contributed by atoms with Crippen molar-refractivity contribution < 1.29 is 23.4 Å². The second kappa shape index (κ2) is 5.84. The summed E-state index contributed by atoms with van der Waals surface area (Å²) in [6, 6.07) is 4.61. The maximum absolute atomic E-state index is 13.1. The van der Waals surface area contributed by atoms with Crippen molar-refractivity contribution in [3.05, 3.63) is 35.4 Å². The third-order valence-corrected chi connectivity index (χ3v) is 3.13. The minimum Gasteiger partial charge on any atom is -0.405 e. The maximum atomic E-state index is 13.1. The highest BCUT2D eigenvalue weighted by Gasteiger charge is 2.29. The fraction of sp³-hybridized carbons (Fsp3) is 0.385. The van der Waals surface area contributed by atoms with Gasteiger partial charge >= 0.3 is 6.09 Å². The lowest BCUT2D eigenvalue weighted by atomic mass is 9.98. The highest BCUT2D eigenvalue weighted by Crippen LogP contribution is 2.28. The van der Waals surface area contributed by atoms with Crippen LogP contribution in [0.3, 0.4) is 0 Å². The average Bonchev–Trinajstić information content (AvgIpc) is 2.87. The van der Waals surface area contributed by atoms with E-state index in [2.05, 4.69) is 4.74 Å². The summed E-state index contributed by atoms with van der Waals surface area (Å²) < 4.78 is 30.7. The number of likely N-dealkylation sites (tertiary alicyclic amines) is 1. The first-order valence-electron chi connectivity index (χ1n) is 5.99. The molecule has 1 saturated heterocycles. The second-order valence-electron chi connectivity index (χ2n) is 4.50. The molecule has 0 spiro atoms. The van der Waals surface area contributed by atoms with Crippen LogP contribution in [0.25, 0.3) is 0 Å². The number of carbonyl (C=O) groups is 1. The number of carbonyl (C=O) groups excluding carboxylic acids is 1. The zero-order valence-electron chi connectivity index (χ0n) is 10.4. The van der Waals surface area contributed by atoms with Crippen molar-refractivity contribution >= 4 is 6.09 Å². The van der Waals surface area contributed by atoms with Gasteiger partial charge in [-0.3, -0.25) is 0 Å². The Morgan fingerprint density at radius 3 is 2.70 bits per heavy atom. The van der Waals surface area contributed by atoms with Crippen LogP contribution in [-0.2, 0) is 4.74 Å². The number of nitrogens with zero attached hydrogens (tertiary/aromatic N) is 2. The Hall–Kier alpha value is -2.20. The van der Waals surface area contributed by atoms with Crippen molar-refractivity contribution in [2.75, 3.05) is 13.1 Å². The number of aliphatic hydroxyl groups excluding tert-OH is 1. The molecule has 7 heteroatoms. The van der Waals surface area contributed by atoms with Gasteiger partial charge in [0.2, 0.25) is 0 Å². The molecule has 0 aliphatic carbocycles. The number of amides is 1. The van der Waals surface area contributed by atoms with Crippen LogP contribution in [0.5, 0.6) is 0 Å². The van der Waals surface area contributed by atoms with Crippen molar-refractivity contribution in [1.82, 2.24) is 4.90 Å². The smallest absolute Gasteiger partial charge is 0.405 e. The van der Waals surface area contributed by atoms with Crippen LogP contribution in [0.1, 0.15) is 17.9 Å². The summed E-state index contributed by atoms with van der Waals surface area (Å²) in [6.07, 6.45) is -2.10. The molecule has 2 atom stereocenters. The van der Waals surface area contributed by atoms with Crippen molar-refractivity contribution in [3.63, 3.8) is 0 Å². The molecule has 0 saturated carbocycles. The highest BCUT2D eigenvalue weighted by molar-refractivity contribution is 5.68. The molecule has 0 aromatic heterocycles. The topological polar surface area (TPSA) is 73.6 Å². The third-order valence-electron chi connectivity index (χ3n) is 3.13. The number of halogens is 2. The number of nitriles is 1. The molecule has 1 amide bonds. The Morgan fingerprint density at radius 2 is 2.10 bits per heavy atom. The van der Waals surface area contributed by atoms with Gasteiger partial charge in [-0.05, 0) is 24.1 Å². The zero-order chi connectivity index (χ0) is 14.7. The SMILES string of the molecule is N#CC(O)OC(=O)N1CCC(c2cc(F)cc(F)c2)C1. The Balaban J connectivity index is 2.02. The van der Waals surface area contributed by atoms with Crippen LogP contribution >= 0.6 is 0 Å². The predicted molar refractivity (Wildman–Crippen MR) is 63.4 cm³/mol. The Bertz CT molecular complexity index is 539. The molecule has 0 bridgehead atoms. The summed E-state index contributed by atoms with van der Waals surface area (Å²) in [5, 5.41) is 17.3. The molecular weight excluding hydrogens is 270 g/mol. The van der Waals surface area contributed by atoms with Crippen LogP contribution < -0.4 is 0 Å². The summed E-state index contributed by atoms with van der Waals surface area (Å²) in [6.45, 7) is 0.555. The van der Waals surface area contributed by atoms with Crippen LogP contribution in [0.2, 0.25) is 0 Å². The van der Waals surface area contributed by atoms with Gasteiger partial charge in [-0.25, -0.2) is 13.6 Å². The number of hydrogen-bond donors (Lipinski definition) is 1. The Kier molecular flexibility index (Phi) is 4.15. The van der Waals surface area contributed by atoms with Gasteiger partial charge in [0.05, 0.1) is 0 Å². The third kappa shape index (κ3) is 3.22. The Labute approximate surface area is 114 Å². The average molecular weight is 282 g/mol. The number of hydrogen-bond acceptors (Lipinski definition) is 4. The monoisotopic (exact) mass is 282 g/mol. The molecule has 1 heterocycles. The number of ether oxygens (including phenoxy) is 1. The van der Waals surface area contributed by atoms with Gasteiger partial charge in [0, 0.05) is 25.1 Å². The molecule has 5 nitrogen and oxygen atoms in total. The summed E-state index contributed by atoms with van der Waals surface area (Å²) in [4.78, 5) is 12.9. The van der Waals surface area contributed by atoms with Gasteiger partial charge in [0.1, 0.15) is 17.7 Å². The van der Waals surface area contributed by atoms with Crippen molar-refractivity contribution in [2.45, 2.75) is 18.6 Å². The normalized spacial score (nSPS) is 19.5. The first kappa shape index (κ1) is 14.2. The summed E-state index contributed by atoms with van der Waals surface area (Å²) in [5.74, 6) is -1.53. The quantitative estimate of drug-likeness (QED) is 0.662.